The second-order valence-corrected chi connectivity index (χ2v) is 15.2. The van der Waals surface area contributed by atoms with E-state index in [-0.39, 0.29) is 24.6 Å². The Morgan fingerprint density at radius 2 is 1.61 bits per heavy atom. The molecule has 0 aromatic heterocycles. The van der Waals surface area contributed by atoms with Crippen LogP contribution in [-0.4, -0.2) is 51.3 Å². The number of hydrogen-bond acceptors (Lipinski definition) is 8. The molecule has 1 saturated heterocycles. The fraction of sp³-hybridized carbons (Fsp3) is 0.720. The number of piperidine rings is 1. The number of ether oxygens (including phenoxy) is 1. The number of benzene rings is 1. The summed E-state index contributed by atoms with van der Waals surface area (Å²) in [6, 6.07) is 6.27. The van der Waals surface area contributed by atoms with Gasteiger partial charge in [-0.2, -0.15) is 32.2 Å². The van der Waals surface area contributed by atoms with Gasteiger partial charge in [0.25, 0.3) is 0 Å². The van der Waals surface area contributed by atoms with Crippen molar-refractivity contribution in [3.8, 4) is 11.8 Å². The van der Waals surface area contributed by atoms with E-state index < -0.39 is 41.6 Å². The van der Waals surface area contributed by atoms with Crippen molar-refractivity contribution in [3.63, 3.8) is 0 Å². The molecular weight excluding hydrogens is 540 g/mol. The van der Waals surface area contributed by atoms with Gasteiger partial charge in [-0.3, -0.25) is 0 Å². The van der Waals surface area contributed by atoms with E-state index in [4.69, 9.17) is 4.74 Å². The molecular formula is C25H37F2N3O6S2. The van der Waals surface area contributed by atoms with E-state index >= 15 is 8.78 Å². The van der Waals surface area contributed by atoms with Gasteiger partial charge in [-0.25, -0.2) is 12.7 Å². The van der Waals surface area contributed by atoms with E-state index in [1.165, 1.54) is 35.7 Å². The highest BCUT2D eigenvalue weighted by Gasteiger charge is 2.69. The van der Waals surface area contributed by atoms with Gasteiger partial charge < -0.3 is 4.74 Å². The summed E-state index contributed by atoms with van der Waals surface area (Å²) < 4.78 is 93.2. The number of hydroxylamine groups is 1. The predicted octanol–water partition coefficient (Wildman–Crippen LogP) is 4.35. The van der Waals surface area contributed by atoms with Crippen molar-refractivity contribution in [2.45, 2.75) is 75.8 Å². The highest BCUT2D eigenvalue weighted by molar-refractivity contribution is 7.90. The highest BCUT2D eigenvalue weighted by Crippen LogP contribution is 2.53. The van der Waals surface area contributed by atoms with Crippen LogP contribution in [0.15, 0.2) is 24.3 Å². The number of sulfonamides is 1. The van der Waals surface area contributed by atoms with Crippen molar-refractivity contribution in [3.05, 3.63) is 29.8 Å². The summed E-state index contributed by atoms with van der Waals surface area (Å²) in [6.07, 6.45) is 4.69. The first-order chi connectivity index (χ1) is 17.5. The second kappa shape index (κ2) is 11.0. The summed E-state index contributed by atoms with van der Waals surface area (Å²) in [4.78, 5) is 0. The standard InChI is InChI=1S/C25H37F2N3O6S2/c1-23(2,24(3,4)37(31,32)30-15-14-18-8-6-7-9-20(18)17-30)25(26,27)38(33,34)36-29-22(16-28)19-10-12-21(35-5)13-11-19/h10-13,18,20,22,29H,6-9,14-15,17H2,1-5H3. The Labute approximate surface area is 224 Å². The summed E-state index contributed by atoms with van der Waals surface area (Å²) in [5, 5.41) is 4.79. The van der Waals surface area contributed by atoms with Crippen molar-refractivity contribution in [2.24, 2.45) is 17.3 Å². The van der Waals surface area contributed by atoms with Crippen molar-refractivity contribution < 1.29 is 34.6 Å². The molecule has 1 aliphatic heterocycles. The molecule has 1 aromatic carbocycles. The maximum absolute atomic E-state index is 15.8. The average Bonchev–Trinajstić information content (AvgIpc) is 2.88. The van der Waals surface area contributed by atoms with Crippen molar-refractivity contribution in [1.29, 1.82) is 5.26 Å². The van der Waals surface area contributed by atoms with Crippen LogP contribution in [0.1, 0.15) is 71.4 Å². The van der Waals surface area contributed by atoms with Crippen LogP contribution in [0.4, 0.5) is 8.78 Å². The van der Waals surface area contributed by atoms with Crippen LogP contribution in [0.5, 0.6) is 5.75 Å². The normalized spacial score (nSPS) is 22.8. The largest absolute Gasteiger partial charge is 0.497 e. The van der Waals surface area contributed by atoms with Crippen LogP contribution in [-0.2, 0) is 24.4 Å². The Hall–Kier alpha value is -1.85. The zero-order valence-electron chi connectivity index (χ0n) is 22.4. The molecule has 1 N–H and O–H groups in total. The van der Waals surface area contributed by atoms with Crippen LogP contribution in [0, 0.1) is 28.6 Å². The minimum atomic E-state index is -5.74. The zero-order valence-corrected chi connectivity index (χ0v) is 24.0. The van der Waals surface area contributed by atoms with Crippen LogP contribution >= 0.6 is 0 Å². The molecule has 214 valence electrons. The molecule has 0 bridgehead atoms. The number of nitrogens with one attached hydrogen (secondary N) is 1. The molecule has 1 heterocycles. The lowest BCUT2D eigenvalue weighted by atomic mass is 9.76. The minimum absolute atomic E-state index is 0.170. The summed E-state index contributed by atoms with van der Waals surface area (Å²) in [5.41, 5.74) is -0.473. The number of nitrogens with zero attached hydrogens (tertiary/aromatic N) is 2. The van der Waals surface area contributed by atoms with Crippen LogP contribution in [0.2, 0.25) is 0 Å². The third-order valence-electron chi connectivity index (χ3n) is 8.64. The Balaban J connectivity index is 1.82. The Bertz CT molecular complexity index is 1240. The molecule has 2 aliphatic rings. The fourth-order valence-corrected chi connectivity index (χ4v) is 8.65. The first kappa shape index (κ1) is 30.7. The maximum atomic E-state index is 15.8. The number of rotatable bonds is 10. The number of methoxy groups -OCH3 is 1. The first-order valence-corrected chi connectivity index (χ1v) is 15.5. The molecule has 3 unspecified atom stereocenters. The van der Waals surface area contributed by atoms with E-state index in [0.29, 0.717) is 18.1 Å². The zero-order chi connectivity index (χ0) is 28.6. The van der Waals surface area contributed by atoms with Gasteiger partial charge in [-0.1, -0.05) is 45.2 Å². The number of halogens is 2. The Morgan fingerprint density at radius 3 is 2.16 bits per heavy atom. The fourth-order valence-electron chi connectivity index (χ4n) is 5.22. The lowest BCUT2D eigenvalue weighted by molar-refractivity contribution is -0.0601. The number of hydrogen-bond donors (Lipinski definition) is 1. The van der Waals surface area contributed by atoms with E-state index in [2.05, 4.69) is 4.28 Å². The van der Waals surface area contributed by atoms with Crippen molar-refractivity contribution >= 4 is 20.1 Å². The number of nitriles is 1. The Morgan fingerprint density at radius 1 is 1.03 bits per heavy atom. The van der Waals surface area contributed by atoms with Crippen LogP contribution in [0.25, 0.3) is 0 Å². The molecule has 13 heteroatoms. The molecule has 0 amide bonds. The monoisotopic (exact) mass is 577 g/mol. The summed E-state index contributed by atoms with van der Waals surface area (Å²) in [6.45, 7) is 4.52. The topological polar surface area (TPSA) is 126 Å². The van der Waals surface area contributed by atoms with Gasteiger partial charge in [0.1, 0.15) is 11.8 Å². The summed E-state index contributed by atoms with van der Waals surface area (Å²) >= 11 is 0. The third kappa shape index (κ3) is 5.30. The van der Waals surface area contributed by atoms with Gasteiger partial charge in [0, 0.05) is 13.1 Å². The lowest BCUT2D eigenvalue weighted by Crippen LogP contribution is -2.63. The van der Waals surface area contributed by atoms with Gasteiger partial charge in [-0.15, -0.1) is 0 Å². The van der Waals surface area contributed by atoms with Crippen LogP contribution < -0.4 is 10.2 Å². The third-order valence-corrected chi connectivity index (χ3v) is 12.9. The van der Waals surface area contributed by atoms with E-state index in [1.54, 1.807) is 6.07 Å². The molecule has 1 saturated carbocycles. The first-order valence-electron chi connectivity index (χ1n) is 12.6. The molecule has 0 radical (unpaired) electrons. The van der Waals surface area contributed by atoms with Gasteiger partial charge in [0.05, 0.1) is 23.3 Å². The van der Waals surface area contributed by atoms with Crippen LogP contribution in [0.3, 0.4) is 0 Å². The van der Waals surface area contributed by atoms with E-state index in [9.17, 15) is 22.1 Å². The van der Waals surface area contributed by atoms with E-state index in [0.717, 1.165) is 53.4 Å². The Kier molecular flexibility index (Phi) is 8.85. The number of alkyl halides is 2. The smallest absolute Gasteiger partial charge is 0.378 e. The number of fused-ring (bicyclic) bond motifs is 1. The average molecular weight is 578 g/mol. The van der Waals surface area contributed by atoms with Gasteiger partial charge in [-0.05, 0) is 56.2 Å². The lowest BCUT2D eigenvalue weighted by Gasteiger charge is -2.48. The van der Waals surface area contributed by atoms with Crippen molar-refractivity contribution in [1.82, 2.24) is 9.79 Å². The molecule has 3 rings (SSSR count). The highest BCUT2D eigenvalue weighted by atomic mass is 32.2. The molecule has 38 heavy (non-hydrogen) atoms. The maximum Gasteiger partial charge on any atom is 0.378 e. The quantitative estimate of drug-likeness (QED) is 0.407. The van der Waals surface area contributed by atoms with Gasteiger partial charge in [0.2, 0.25) is 10.0 Å². The SMILES string of the molecule is COc1ccc(C(C#N)NOS(=O)(=O)C(F)(F)C(C)(C)C(C)(C)S(=O)(=O)N2CCC3CCCCC3C2)cc1. The summed E-state index contributed by atoms with van der Waals surface area (Å²) in [5.74, 6) is 1.07. The molecule has 1 aromatic rings. The summed E-state index contributed by atoms with van der Waals surface area (Å²) in [7, 11) is -8.65. The van der Waals surface area contributed by atoms with Gasteiger partial charge >= 0.3 is 15.4 Å². The van der Waals surface area contributed by atoms with Crippen molar-refractivity contribution in [2.75, 3.05) is 20.2 Å². The molecule has 9 nitrogen and oxygen atoms in total. The molecule has 1 aliphatic carbocycles. The molecule has 3 atom stereocenters. The minimum Gasteiger partial charge on any atom is -0.497 e. The molecule has 2 fully saturated rings. The molecule has 0 spiro atoms. The second-order valence-electron chi connectivity index (χ2n) is 11.1. The predicted molar refractivity (Wildman–Crippen MR) is 138 cm³/mol. The van der Waals surface area contributed by atoms with E-state index in [1.807, 2.05) is 5.48 Å². The van der Waals surface area contributed by atoms with Gasteiger partial charge in [0.15, 0.2) is 0 Å².